The Labute approximate surface area is 112 Å². The molecule has 1 amide bonds. The third-order valence-corrected chi connectivity index (χ3v) is 2.45. The smallest absolute Gasteiger partial charge is 0.259 e. The Bertz CT molecular complexity index is 502. The van der Waals surface area contributed by atoms with Crippen molar-refractivity contribution < 1.29 is 14.7 Å². The van der Waals surface area contributed by atoms with Crippen LogP contribution in [-0.2, 0) is 9.59 Å². The van der Waals surface area contributed by atoms with Gasteiger partial charge >= 0.3 is 0 Å². The molecule has 1 aliphatic heterocycles. The summed E-state index contributed by atoms with van der Waals surface area (Å²) in [7, 11) is 0. The Balaban J connectivity index is 2.78. The third-order valence-electron chi connectivity index (χ3n) is 2.45. The van der Waals surface area contributed by atoms with Crippen LogP contribution in [0.15, 0.2) is 59.4 Å². The number of aliphatic hydroxyl groups is 1. The lowest BCUT2D eigenvalue weighted by Crippen LogP contribution is -2.14. The fourth-order valence-corrected chi connectivity index (χ4v) is 1.45. The van der Waals surface area contributed by atoms with E-state index in [4.69, 9.17) is 0 Å². The summed E-state index contributed by atoms with van der Waals surface area (Å²) in [5, 5.41) is 12.1. The van der Waals surface area contributed by atoms with Crippen molar-refractivity contribution in [1.82, 2.24) is 5.32 Å². The molecule has 0 spiro atoms. The summed E-state index contributed by atoms with van der Waals surface area (Å²) in [6, 6.07) is 0. The van der Waals surface area contributed by atoms with E-state index in [1.54, 1.807) is 6.08 Å². The topological polar surface area (TPSA) is 66.4 Å². The maximum Gasteiger partial charge on any atom is 0.259 e. The summed E-state index contributed by atoms with van der Waals surface area (Å²) in [5.41, 5.74) is 0.715. The highest BCUT2D eigenvalue weighted by molar-refractivity contribution is 6.25. The van der Waals surface area contributed by atoms with E-state index < -0.39 is 5.91 Å². The number of amides is 1. The number of ketones is 1. The number of rotatable bonds is 4. The number of nitrogens with one attached hydrogen (secondary N) is 1. The van der Waals surface area contributed by atoms with Gasteiger partial charge in [0.15, 0.2) is 5.78 Å². The molecule has 0 atom stereocenters. The molecule has 1 rings (SSSR count). The van der Waals surface area contributed by atoms with E-state index in [1.807, 2.05) is 44.2 Å². The first-order valence-corrected chi connectivity index (χ1v) is 5.95. The van der Waals surface area contributed by atoms with Crippen molar-refractivity contribution in [2.75, 3.05) is 6.54 Å². The van der Waals surface area contributed by atoms with Gasteiger partial charge in [-0.2, -0.15) is 0 Å². The summed E-state index contributed by atoms with van der Waals surface area (Å²) >= 11 is 0. The molecular weight excluding hydrogens is 242 g/mol. The average Bonchev–Trinajstić information content (AvgIpc) is 2.71. The second-order valence-corrected chi connectivity index (χ2v) is 4.02. The Morgan fingerprint density at radius 2 is 1.95 bits per heavy atom. The van der Waals surface area contributed by atoms with Gasteiger partial charge in [-0.25, -0.2) is 0 Å². The Kier molecular flexibility index (Phi) is 5.54. The van der Waals surface area contributed by atoms with Gasteiger partial charge in [-0.05, 0) is 19.9 Å². The molecule has 4 heteroatoms. The van der Waals surface area contributed by atoms with Crippen LogP contribution in [-0.4, -0.2) is 23.3 Å². The molecule has 1 aliphatic rings. The molecule has 0 radical (unpaired) electrons. The Morgan fingerprint density at radius 3 is 2.53 bits per heavy atom. The highest BCUT2D eigenvalue weighted by atomic mass is 16.3. The monoisotopic (exact) mass is 259 g/mol. The van der Waals surface area contributed by atoms with Crippen LogP contribution in [0.3, 0.4) is 0 Å². The van der Waals surface area contributed by atoms with Crippen LogP contribution >= 0.6 is 0 Å². The average molecular weight is 259 g/mol. The van der Waals surface area contributed by atoms with E-state index in [-0.39, 0.29) is 23.7 Å². The lowest BCUT2D eigenvalue weighted by Gasteiger charge is -1.95. The predicted octanol–water partition coefficient (Wildman–Crippen LogP) is 2.13. The van der Waals surface area contributed by atoms with Gasteiger partial charge in [0.05, 0.1) is 6.54 Å². The zero-order valence-corrected chi connectivity index (χ0v) is 11.0. The number of aliphatic hydroxyl groups excluding tert-OH is 1. The molecule has 0 aromatic heterocycles. The van der Waals surface area contributed by atoms with Gasteiger partial charge in [-0.1, -0.05) is 42.0 Å². The summed E-state index contributed by atoms with van der Waals surface area (Å²) in [4.78, 5) is 22.6. The second-order valence-electron chi connectivity index (χ2n) is 4.02. The molecule has 0 aromatic carbocycles. The van der Waals surface area contributed by atoms with Gasteiger partial charge in [0.2, 0.25) is 0 Å². The van der Waals surface area contributed by atoms with Crippen LogP contribution < -0.4 is 5.32 Å². The fraction of sp³-hybridized carbons (Fsp3) is 0.200. The highest BCUT2D eigenvalue weighted by Gasteiger charge is 2.28. The van der Waals surface area contributed by atoms with E-state index in [2.05, 4.69) is 5.32 Å². The van der Waals surface area contributed by atoms with Crippen molar-refractivity contribution >= 4 is 11.7 Å². The molecule has 19 heavy (non-hydrogen) atoms. The fourth-order valence-electron chi connectivity index (χ4n) is 1.45. The Morgan fingerprint density at radius 1 is 1.21 bits per heavy atom. The zero-order valence-electron chi connectivity index (χ0n) is 11.0. The molecule has 4 nitrogen and oxygen atoms in total. The first-order chi connectivity index (χ1) is 9.06. The van der Waals surface area contributed by atoms with Gasteiger partial charge in [-0.3, -0.25) is 9.59 Å². The summed E-state index contributed by atoms with van der Waals surface area (Å²) in [6.45, 7) is 3.73. The standard InChI is InChI=1S/C15H17NO3/c1-3-4-5-6-7-11(2)8-9-12(17)14-13(18)10-16-15(14)19/h3-9,17H,10H2,1-2H3,(H,16,19). The first kappa shape index (κ1) is 14.7. The lowest BCUT2D eigenvalue weighted by molar-refractivity contribution is -0.117. The lowest BCUT2D eigenvalue weighted by atomic mass is 10.1. The number of Topliss-reactive ketones (excluding diaryl/α,β-unsaturated/α-hetero) is 1. The highest BCUT2D eigenvalue weighted by Crippen LogP contribution is 2.11. The van der Waals surface area contributed by atoms with Crippen LogP contribution in [0.1, 0.15) is 13.8 Å². The third kappa shape index (κ3) is 4.43. The summed E-state index contributed by atoms with van der Waals surface area (Å²) in [6.07, 6.45) is 12.4. The van der Waals surface area contributed by atoms with Crippen LogP contribution in [0.4, 0.5) is 0 Å². The van der Waals surface area contributed by atoms with E-state index in [0.29, 0.717) is 0 Å². The van der Waals surface area contributed by atoms with Gasteiger partial charge in [-0.15, -0.1) is 0 Å². The van der Waals surface area contributed by atoms with E-state index in [1.165, 1.54) is 6.08 Å². The number of allylic oxidation sites excluding steroid dienone is 8. The first-order valence-electron chi connectivity index (χ1n) is 5.95. The number of carbonyl (C=O) groups excluding carboxylic acids is 2. The van der Waals surface area contributed by atoms with Gasteiger partial charge in [0.1, 0.15) is 11.3 Å². The van der Waals surface area contributed by atoms with Gasteiger partial charge in [0.25, 0.3) is 5.91 Å². The largest absolute Gasteiger partial charge is 0.507 e. The Hall–Kier alpha value is -2.36. The minimum absolute atomic E-state index is 0.0486. The number of carbonyl (C=O) groups is 2. The molecule has 2 N–H and O–H groups in total. The molecule has 0 unspecified atom stereocenters. The van der Waals surface area contributed by atoms with Crippen LogP contribution in [0.5, 0.6) is 0 Å². The maximum absolute atomic E-state index is 11.3. The van der Waals surface area contributed by atoms with Crippen molar-refractivity contribution in [3.05, 3.63) is 59.4 Å². The summed E-state index contributed by atoms with van der Waals surface area (Å²) in [5.74, 6) is -1.21. The van der Waals surface area contributed by atoms with Crippen molar-refractivity contribution in [3.63, 3.8) is 0 Å². The quantitative estimate of drug-likeness (QED) is 0.352. The molecular formula is C15H17NO3. The van der Waals surface area contributed by atoms with E-state index in [0.717, 1.165) is 5.57 Å². The number of hydrogen-bond donors (Lipinski definition) is 2. The molecule has 1 saturated heterocycles. The van der Waals surface area contributed by atoms with Crippen LogP contribution in [0, 0.1) is 0 Å². The molecule has 1 heterocycles. The van der Waals surface area contributed by atoms with Gasteiger partial charge in [0, 0.05) is 0 Å². The zero-order chi connectivity index (χ0) is 14.3. The van der Waals surface area contributed by atoms with Crippen molar-refractivity contribution in [2.24, 2.45) is 0 Å². The van der Waals surface area contributed by atoms with E-state index in [9.17, 15) is 14.7 Å². The van der Waals surface area contributed by atoms with Gasteiger partial charge < -0.3 is 10.4 Å². The minimum Gasteiger partial charge on any atom is -0.507 e. The van der Waals surface area contributed by atoms with Crippen molar-refractivity contribution in [3.8, 4) is 0 Å². The van der Waals surface area contributed by atoms with Crippen LogP contribution in [0.25, 0.3) is 0 Å². The van der Waals surface area contributed by atoms with Crippen molar-refractivity contribution in [1.29, 1.82) is 0 Å². The van der Waals surface area contributed by atoms with Crippen molar-refractivity contribution in [2.45, 2.75) is 13.8 Å². The normalized spacial score (nSPS) is 20.0. The SMILES string of the molecule is CC=CC=CC=C(C)C=CC(O)=C1C(=O)CNC1=O. The molecule has 0 aromatic rings. The molecule has 100 valence electrons. The van der Waals surface area contributed by atoms with Crippen LogP contribution in [0.2, 0.25) is 0 Å². The molecule has 0 bridgehead atoms. The minimum atomic E-state index is -0.526. The summed E-state index contributed by atoms with van der Waals surface area (Å²) < 4.78 is 0. The number of hydrogen-bond acceptors (Lipinski definition) is 3. The maximum atomic E-state index is 11.3. The molecule has 1 fully saturated rings. The predicted molar refractivity (Wildman–Crippen MR) is 74.5 cm³/mol. The second kappa shape index (κ2) is 7.16. The molecule has 0 aliphatic carbocycles. The molecule has 0 saturated carbocycles. The van der Waals surface area contributed by atoms with E-state index >= 15 is 0 Å².